The maximum Gasteiger partial charge on any atom is 0.317 e. The maximum absolute atomic E-state index is 12.0. The van der Waals surface area contributed by atoms with Crippen molar-refractivity contribution in [1.82, 2.24) is 9.80 Å². The average molecular weight is 291 g/mol. The van der Waals surface area contributed by atoms with E-state index in [1.807, 2.05) is 35.2 Å². The number of anilines is 1. The lowest BCUT2D eigenvalue weighted by Gasteiger charge is -2.20. The number of hydrogen-bond donors (Lipinski definition) is 2. The highest BCUT2D eigenvalue weighted by Gasteiger charge is 2.18. The molecule has 6 heteroatoms. The summed E-state index contributed by atoms with van der Waals surface area (Å²) in [5.41, 5.74) is 0.796. The molecule has 1 heterocycles. The van der Waals surface area contributed by atoms with Gasteiger partial charge in [-0.15, -0.1) is 0 Å². The first-order chi connectivity index (χ1) is 10.1. The molecule has 0 spiro atoms. The van der Waals surface area contributed by atoms with Gasteiger partial charge in [0.15, 0.2) is 0 Å². The molecular weight excluding hydrogens is 270 g/mol. The fourth-order valence-electron chi connectivity index (χ4n) is 2.46. The molecule has 0 unspecified atom stereocenters. The predicted molar refractivity (Wildman–Crippen MR) is 80.2 cm³/mol. The van der Waals surface area contributed by atoms with Crippen molar-refractivity contribution in [2.75, 3.05) is 44.6 Å². The highest BCUT2D eigenvalue weighted by atomic mass is 16.4. The molecule has 0 radical (unpaired) electrons. The summed E-state index contributed by atoms with van der Waals surface area (Å²) in [6, 6.07) is 9.38. The number of carboxylic acids is 1. The third-order valence-electron chi connectivity index (χ3n) is 3.46. The van der Waals surface area contributed by atoms with E-state index in [0.717, 1.165) is 31.7 Å². The molecular formula is C15H21N3O3. The van der Waals surface area contributed by atoms with Crippen LogP contribution in [0.3, 0.4) is 0 Å². The Morgan fingerprint density at radius 1 is 1.00 bits per heavy atom. The van der Waals surface area contributed by atoms with E-state index >= 15 is 0 Å². The van der Waals surface area contributed by atoms with E-state index in [4.69, 9.17) is 5.11 Å². The topological polar surface area (TPSA) is 72.9 Å². The van der Waals surface area contributed by atoms with Gasteiger partial charge in [0.25, 0.3) is 0 Å². The van der Waals surface area contributed by atoms with Crippen molar-refractivity contribution in [3.8, 4) is 0 Å². The van der Waals surface area contributed by atoms with E-state index in [2.05, 4.69) is 10.2 Å². The van der Waals surface area contributed by atoms with Crippen LogP contribution in [0.4, 0.5) is 5.69 Å². The third-order valence-corrected chi connectivity index (χ3v) is 3.46. The SMILES string of the molecule is O=C(O)CN1CCCN(CC(=O)Nc2ccccc2)CC1. The van der Waals surface area contributed by atoms with Gasteiger partial charge in [-0.25, -0.2) is 0 Å². The number of carbonyl (C=O) groups is 2. The second kappa shape index (κ2) is 7.75. The van der Waals surface area contributed by atoms with E-state index in [1.54, 1.807) is 0 Å². The summed E-state index contributed by atoms with van der Waals surface area (Å²) in [5, 5.41) is 11.7. The summed E-state index contributed by atoms with van der Waals surface area (Å²) < 4.78 is 0. The quantitative estimate of drug-likeness (QED) is 0.836. The standard InChI is InChI=1S/C15H21N3O3/c19-14(16-13-5-2-1-3-6-13)11-17-7-4-8-18(10-9-17)12-15(20)21/h1-3,5-6H,4,7-12H2,(H,16,19)(H,20,21). The lowest BCUT2D eigenvalue weighted by molar-refractivity contribution is -0.138. The van der Waals surface area contributed by atoms with Gasteiger partial charge < -0.3 is 10.4 Å². The van der Waals surface area contributed by atoms with Crippen molar-refractivity contribution >= 4 is 17.6 Å². The Balaban J connectivity index is 1.78. The van der Waals surface area contributed by atoms with Crippen molar-refractivity contribution < 1.29 is 14.7 Å². The zero-order valence-corrected chi connectivity index (χ0v) is 12.0. The number of aliphatic carboxylic acids is 1. The number of hydrogen-bond acceptors (Lipinski definition) is 4. The minimum Gasteiger partial charge on any atom is -0.480 e. The number of nitrogens with one attached hydrogen (secondary N) is 1. The van der Waals surface area contributed by atoms with Gasteiger partial charge in [0, 0.05) is 25.3 Å². The first-order valence-corrected chi connectivity index (χ1v) is 7.15. The van der Waals surface area contributed by atoms with E-state index in [-0.39, 0.29) is 12.5 Å². The summed E-state index contributed by atoms with van der Waals surface area (Å²) >= 11 is 0. The Kier molecular flexibility index (Phi) is 5.71. The molecule has 6 nitrogen and oxygen atoms in total. The average Bonchev–Trinajstić information content (AvgIpc) is 2.65. The second-order valence-electron chi connectivity index (χ2n) is 5.21. The number of nitrogens with zero attached hydrogens (tertiary/aromatic N) is 2. The number of carbonyl (C=O) groups excluding carboxylic acids is 1. The van der Waals surface area contributed by atoms with Gasteiger partial charge in [0.1, 0.15) is 0 Å². The monoisotopic (exact) mass is 291 g/mol. The fourth-order valence-corrected chi connectivity index (χ4v) is 2.46. The van der Waals surface area contributed by atoms with Crippen LogP contribution in [-0.2, 0) is 9.59 Å². The molecule has 1 amide bonds. The second-order valence-corrected chi connectivity index (χ2v) is 5.21. The summed E-state index contributed by atoms with van der Waals surface area (Å²) in [4.78, 5) is 26.7. The fraction of sp³-hybridized carbons (Fsp3) is 0.467. The Bertz CT molecular complexity index is 478. The molecule has 1 saturated heterocycles. The normalized spacial score (nSPS) is 17.1. The van der Waals surface area contributed by atoms with Crippen LogP contribution in [0.2, 0.25) is 0 Å². The van der Waals surface area contributed by atoms with Crippen LogP contribution >= 0.6 is 0 Å². The number of benzene rings is 1. The molecule has 1 aliphatic rings. The highest BCUT2D eigenvalue weighted by molar-refractivity contribution is 5.92. The lowest BCUT2D eigenvalue weighted by atomic mass is 10.3. The number of amides is 1. The van der Waals surface area contributed by atoms with Gasteiger partial charge in [-0.2, -0.15) is 0 Å². The van der Waals surface area contributed by atoms with Gasteiger partial charge in [-0.05, 0) is 25.1 Å². The third kappa shape index (κ3) is 5.53. The molecule has 1 aromatic rings. The van der Waals surface area contributed by atoms with Crippen LogP contribution in [0.5, 0.6) is 0 Å². The maximum atomic E-state index is 12.0. The molecule has 0 aromatic heterocycles. The zero-order chi connectivity index (χ0) is 15.1. The minimum atomic E-state index is -0.801. The Hall–Kier alpha value is -1.92. The smallest absolute Gasteiger partial charge is 0.317 e. The first-order valence-electron chi connectivity index (χ1n) is 7.15. The largest absolute Gasteiger partial charge is 0.480 e. The van der Waals surface area contributed by atoms with Crippen molar-refractivity contribution in [2.24, 2.45) is 0 Å². The molecule has 1 aliphatic heterocycles. The van der Waals surface area contributed by atoms with E-state index < -0.39 is 5.97 Å². The number of para-hydroxylation sites is 1. The summed E-state index contributed by atoms with van der Waals surface area (Å²) in [6.07, 6.45) is 0.881. The molecule has 0 aliphatic carbocycles. The van der Waals surface area contributed by atoms with Gasteiger partial charge in [0.05, 0.1) is 13.1 Å². The summed E-state index contributed by atoms with van der Waals surface area (Å²) in [6.45, 7) is 3.40. The molecule has 21 heavy (non-hydrogen) atoms. The molecule has 1 aromatic carbocycles. The van der Waals surface area contributed by atoms with Gasteiger partial charge >= 0.3 is 5.97 Å². The number of carboxylic acid groups (broad SMARTS) is 1. The van der Waals surface area contributed by atoms with Crippen LogP contribution in [0.1, 0.15) is 6.42 Å². The first kappa shape index (κ1) is 15.5. The Labute approximate surface area is 124 Å². The van der Waals surface area contributed by atoms with Crippen molar-refractivity contribution in [2.45, 2.75) is 6.42 Å². The predicted octanol–water partition coefficient (Wildman–Crippen LogP) is 0.717. The van der Waals surface area contributed by atoms with E-state index in [9.17, 15) is 9.59 Å². The van der Waals surface area contributed by atoms with Crippen LogP contribution in [0.25, 0.3) is 0 Å². The Morgan fingerprint density at radius 3 is 2.24 bits per heavy atom. The van der Waals surface area contributed by atoms with Crippen LogP contribution in [0, 0.1) is 0 Å². The summed E-state index contributed by atoms with van der Waals surface area (Å²) in [7, 11) is 0. The van der Waals surface area contributed by atoms with Crippen molar-refractivity contribution in [3.05, 3.63) is 30.3 Å². The van der Waals surface area contributed by atoms with E-state index in [1.165, 1.54) is 0 Å². The zero-order valence-electron chi connectivity index (χ0n) is 12.0. The van der Waals surface area contributed by atoms with Crippen LogP contribution in [-0.4, -0.2) is 66.1 Å². The van der Waals surface area contributed by atoms with Crippen molar-refractivity contribution in [3.63, 3.8) is 0 Å². The molecule has 2 rings (SSSR count). The van der Waals surface area contributed by atoms with Crippen LogP contribution in [0.15, 0.2) is 30.3 Å². The van der Waals surface area contributed by atoms with Crippen molar-refractivity contribution in [1.29, 1.82) is 0 Å². The molecule has 1 fully saturated rings. The van der Waals surface area contributed by atoms with Crippen LogP contribution < -0.4 is 5.32 Å². The molecule has 0 bridgehead atoms. The Morgan fingerprint density at radius 2 is 1.62 bits per heavy atom. The molecule has 0 saturated carbocycles. The molecule has 0 atom stereocenters. The molecule has 114 valence electrons. The van der Waals surface area contributed by atoms with Gasteiger partial charge in [-0.3, -0.25) is 19.4 Å². The lowest BCUT2D eigenvalue weighted by Crippen LogP contribution is -2.37. The highest BCUT2D eigenvalue weighted by Crippen LogP contribution is 2.06. The van der Waals surface area contributed by atoms with E-state index in [0.29, 0.717) is 13.1 Å². The minimum absolute atomic E-state index is 0.0344. The molecule has 2 N–H and O–H groups in total. The number of rotatable bonds is 5. The van der Waals surface area contributed by atoms with Gasteiger partial charge in [0.2, 0.25) is 5.91 Å². The van der Waals surface area contributed by atoms with Gasteiger partial charge in [-0.1, -0.05) is 18.2 Å². The summed E-state index contributed by atoms with van der Waals surface area (Å²) in [5.74, 6) is -0.835.